The van der Waals surface area contributed by atoms with Crippen molar-refractivity contribution >= 4 is 15.9 Å². The van der Waals surface area contributed by atoms with Crippen molar-refractivity contribution in [1.29, 1.82) is 0 Å². The Bertz CT molecular complexity index is 573. The van der Waals surface area contributed by atoms with Crippen molar-refractivity contribution < 1.29 is 0 Å². The average molecular weight is 321 g/mol. The van der Waals surface area contributed by atoms with Crippen molar-refractivity contribution in [2.24, 2.45) is 0 Å². The summed E-state index contributed by atoms with van der Waals surface area (Å²) in [6, 6.07) is 6.54. The lowest BCUT2D eigenvalue weighted by Crippen LogP contribution is -2.27. The fourth-order valence-electron chi connectivity index (χ4n) is 2.53. The smallest absolute Gasteiger partial charge is 0.100 e. The second-order valence-electron chi connectivity index (χ2n) is 5.02. The first kappa shape index (κ1) is 12.8. The third-order valence-corrected chi connectivity index (χ3v) is 4.08. The summed E-state index contributed by atoms with van der Waals surface area (Å²) in [6.07, 6.45) is 5.72. The topological polar surface area (TPSA) is 42.7 Å². The Kier molecular flexibility index (Phi) is 3.66. The zero-order valence-electron chi connectivity index (χ0n) is 10.9. The lowest BCUT2D eigenvalue weighted by Gasteiger charge is -2.20. The molecule has 100 valence electrons. The molecule has 5 heteroatoms. The van der Waals surface area contributed by atoms with Gasteiger partial charge in [0, 0.05) is 4.47 Å². The maximum absolute atomic E-state index is 4.32. The maximum Gasteiger partial charge on any atom is 0.100 e. The Balaban J connectivity index is 1.87. The summed E-state index contributed by atoms with van der Waals surface area (Å²) in [4.78, 5) is 0. The number of nitrogens with one attached hydrogen (secondary N) is 1. The number of rotatable bonds is 2. The number of aromatic nitrogens is 3. The first-order valence-electron chi connectivity index (χ1n) is 6.66. The summed E-state index contributed by atoms with van der Waals surface area (Å²) < 4.78 is 2.95. The Labute approximate surface area is 121 Å². The summed E-state index contributed by atoms with van der Waals surface area (Å²) in [7, 11) is 0. The molecule has 1 N–H and O–H groups in total. The van der Waals surface area contributed by atoms with Crippen LogP contribution in [0.5, 0.6) is 0 Å². The van der Waals surface area contributed by atoms with Crippen molar-refractivity contribution in [1.82, 2.24) is 20.3 Å². The zero-order valence-corrected chi connectivity index (χ0v) is 12.5. The summed E-state index contributed by atoms with van der Waals surface area (Å²) in [6.45, 7) is 3.16. The van der Waals surface area contributed by atoms with E-state index < -0.39 is 0 Å². The van der Waals surface area contributed by atoms with Crippen LogP contribution in [-0.2, 0) is 0 Å². The van der Waals surface area contributed by atoms with Crippen LogP contribution in [0.15, 0.2) is 28.9 Å². The van der Waals surface area contributed by atoms with Crippen LogP contribution in [0, 0.1) is 6.92 Å². The standard InChI is InChI=1S/C14H17BrN4/c1-10-8-11(15)5-6-14(10)19-9-13(17-18-19)12-4-2-3-7-16-12/h5-6,8-9,12,16H,2-4,7H2,1H3. The Morgan fingerprint density at radius 3 is 3.00 bits per heavy atom. The molecule has 1 aliphatic heterocycles. The second kappa shape index (κ2) is 5.43. The van der Waals surface area contributed by atoms with Crippen molar-refractivity contribution in [2.75, 3.05) is 6.54 Å². The number of benzene rings is 1. The molecular formula is C14H17BrN4. The Morgan fingerprint density at radius 1 is 1.37 bits per heavy atom. The molecule has 1 saturated heterocycles. The fraction of sp³-hybridized carbons (Fsp3) is 0.429. The number of nitrogens with zero attached hydrogens (tertiary/aromatic N) is 3. The van der Waals surface area contributed by atoms with Crippen LogP contribution in [0.4, 0.5) is 0 Å². The van der Waals surface area contributed by atoms with Gasteiger partial charge in [-0.2, -0.15) is 0 Å². The molecule has 1 unspecified atom stereocenters. The lowest BCUT2D eigenvalue weighted by molar-refractivity contribution is 0.405. The predicted octanol–water partition coefficient (Wildman–Crippen LogP) is 3.15. The SMILES string of the molecule is Cc1cc(Br)ccc1-n1cc(C2CCCCN2)nn1. The normalized spacial score (nSPS) is 19.6. The predicted molar refractivity (Wildman–Crippen MR) is 78.4 cm³/mol. The second-order valence-corrected chi connectivity index (χ2v) is 5.94. The van der Waals surface area contributed by atoms with Gasteiger partial charge >= 0.3 is 0 Å². The van der Waals surface area contributed by atoms with E-state index in [1.807, 2.05) is 16.9 Å². The minimum Gasteiger partial charge on any atom is -0.309 e. The fourth-order valence-corrected chi connectivity index (χ4v) is 3.01. The van der Waals surface area contributed by atoms with Gasteiger partial charge in [0.05, 0.1) is 17.9 Å². The van der Waals surface area contributed by atoms with E-state index in [1.54, 1.807) is 0 Å². The first-order chi connectivity index (χ1) is 9.24. The van der Waals surface area contributed by atoms with Gasteiger partial charge in [-0.05, 0) is 50.1 Å². The number of hydrogen-bond donors (Lipinski definition) is 1. The molecule has 0 saturated carbocycles. The van der Waals surface area contributed by atoms with Gasteiger partial charge in [0.2, 0.25) is 0 Å². The van der Waals surface area contributed by atoms with Gasteiger partial charge in [-0.25, -0.2) is 4.68 Å². The molecule has 1 fully saturated rings. The van der Waals surface area contributed by atoms with Gasteiger partial charge in [-0.1, -0.05) is 27.6 Å². The molecular weight excluding hydrogens is 304 g/mol. The minimum absolute atomic E-state index is 0.359. The van der Waals surface area contributed by atoms with E-state index in [-0.39, 0.29) is 0 Å². The third-order valence-electron chi connectivity index (χ3n) is 3.58. The molecule has 1 atom stereocenters. The first-order valence-corrected chi connectivity index (χ1v) is 7.45. The molecule has 0 radical (unpaired) electrons. The third kappa shape index (κ3) is 2.72. The van der Waals surface area contributed by atoms with Crippen molar-refractivity contribution in [3.63, 3.8) is 0 Å². The van der Waals surface area contributed by atoms with E-state index >= 15 is 0 Å². The highest BCUT2D eigenvalue weighted by atomic mass is 79.9. The van der Waals surface area contributed by atoms with Crippen molar-refractivity contribution in [3.05, 3.63) is 40.1 Å². The van der Waals surface area contributed by atoms with Crippen LogP contribution >= 0.6 is 15.9 Å². The van der Waals surface area contributed by atoms with Crippen LogP contribution in [0.3, 0.4) is 0 Å². The van der Waals surface area contributed by atoms with E-state index in [1.165, 1.54) is 18.4 Å². The monoisotopic (exact) mass is 320 g/mol. The highest BCUT2D eigenvalue weighted by molar-refractivity contribution is 9.10. The molecule has 1 aromatic carbocycles. The molecule has 1 aliphatic rings. The molecule has 1 aromatic heterocycles. The molecule has 2 aromatic rings. The van der Waals surface area contributed by atoms with Gasteiger partial charge in [0.25, 0.3) is 0 Å². The van der Waals surface area contributed by atoms with Crippen LogP contribution in [0.25, 0.3) is 5.69 Å². The Hall–Kier alpha value is -1.20. The largest absolute Gasteiger partial charge is 0.309 e. The minimum atomic E-state index is 0.359. The molecule has 19 heavy (non-hydrogen) atoms. The van der Waals surface area contributed by atoms with Gasteiger partial charge in [0.15, 0.2) is 0 Å². The van der Waals surface area contributed by atoms with Gasteiger partial charge < -0.3 is 5.32 Å². The van der Waals surface area contributed by atoms with Crippen LogP contribution < -0.4 is 5.32 Å². The lowest BCUT2D eigenvalue weighted by atomic mass is 10.0. The zero-order chi connectivity index (χ0) is 13.2. The maximum atomic E-state index is 4.32. The number of aryl methyl sites for hydroxylation is 1. The van der Waals surface area contributed by atoms with Gasteiger partial charge in [-0.15, -0.1) is 5.10 Å². The molecule has 3 rings (SSSR count). The van der Waals surface area contributed by atoms with Gasteiger partial charge in [-0.3, -0.25) is 0 Å². The Morgan fingerprint density at radius 2 is 2.26 bits per heavy atom. The van der Waals surface area contributed by atoms with E-state index in [2.05, 4.69) is 50.6 Å². The van der Waals surface area contributed by atoms with E-state index in [9.17, 15) is 0 Å². The van der Waals surface area contributed by atoms with Crippen LogP contribution in [-0.4, -0.2) is 21.5 Å². The van der Waals surface area contributed by atoms with Crippen molar-refractivity contribution in [3.8, 4) is 5.69 Å². The summed E-state index contributed by atoms with van der Waals surface area (Å²) in [5.41, 5.74) is 3.31. The highest BCUT2D eigenvalue weighted by Gasteiger charge is 2.18. The summed E-state index contributed by atoms with van der Waals surface area (Å²) >= 11 is 3.48. The molecule has 0 bridgehead atoms. The number of halogens is 1. The average Bonchev–Trinajstić information content (AvgIpc) is 2.89. The molecule has 4 nitrogen and oxygen atoms in total. The van der Waals surface area contributed by atoms with Crippen LogP contribution in [0.2, 0.25) is 0 Å². The molecule has 2 heterocycles. The summed E-state index contributed by atoms with van der Waals surface area (Å²) in [5, 5.41) is 12.1. The molecule has 0 spiro atoms. The summed E-state index contributed by atoms with van der Waals surface area (Å²) in [5.74, 6) is 0. The van der Waals surface area contributed by atoms with Gasteiger partial charge in [0.1, 0.15) is 5.69 Å². The number of hydrogen-bond acceptors (Lipinski definition) is 3. The van der Waals surface area contributed by atoms with Crippen LogP contribution in [0.1, 0.15) is 36.6 Å². The van der Waals surface area contributed by atoms with E-state index in [0.717, 1.165) is 28.8 Å². The molecule has 0 aliphatic carbocycles. The quantitative estimate of drug-likeness (QED) is 0.924. The molecule has 0 amide bonds. The van der Waals surface area contributed by atoms with Crippen molar-refractivity contribution in [2.45, 2.75) is 32.2 Å². The van der Waals surface area contributed by atoms with E-state index in [0.29, 0.717) is 6.04 Å². The van der Waals surface area contributed by atoms with E-state index in [4.69, 9.17) is 0 Å². The highest BCUT2D eigenvalue weighted by Crippen LogP contribution is 2.23. The number of piperidine rings is 1.